The van der Waals surface area contributed by atoms with Gasteiger partial charge in [0.05, 0.1) is 19.3 Å². The summed E-state index contributed by atoms with van der Waals surface area (Å²) in [5.74, 6) is 1.53. The van der Waals surface area contributed by atoms with E-state index in [1.807, 2.05) is 31.2 Å². The van der Waals surface area contributed by atoms with Gasteiger partial charge >= 0.3 is 0 Å². The van der Waals surface area contributed by atoms with E-state index in [-0.39, 0.29) is 0 Å². The van der Waals surface area contributed by atoms with Gasteiger partial charge in [0.1, 0.15) is 11.6 Å². The van der Waals surface area contributed by atoms with Crippen molar-refractivity contribution in [3.8, 4) is 17.0 Å². The van der Waals surface area contributed by atoms with E-state index in [4.69, 9.17) is 10.5 Å². The first-order valence-corrected chi connectivity index (χ1v) is 5.41. The van der Waals surface area contributed by atoms with Gasteiger partial charge in [-0.25, -0.2) is 9.97 Å². The van der Waals surface area contributed by atoms with Gasteiger partial charge in [-0.05, 0) is 36.8 Å². The molecule has 1 heterocycles. The van der Waals surface area contributed by atoms with Gasteiger partial charge in [-0.2, -0.15) is 0 Å². The Kier molecular flexibility index (Phi) is 3.35. The Morgan fingerprint density at radius 3 is 2.76 bits per heavy atom. The highest BCUT2D eigenvalue weighted by Gasteiger charge is 2.04. The molecule has 0 bridgehead atoms. The lowest BCUT2D eigenvalue weighted by atomic mass is 10.1. The second-order valence-electron chi connectivity index (χ2n) is 3.75. The van der Waals surface area contributed by atoms with Crippen molar-refractivity contribution in [3.05, 3.63) is 41.9 Å². The van der Waals surface area contributed by atoms with Crippen LogP contribution in [-0.2, 0) is 6.54 Å². The third-order valence-corrected chi connectivity index (χ3v) is 2.58. The minimum absolute atomic E-state index is 0.350. The summed E-state index contributed by atoms with van der Waals surface area (Å²) in [5, 5.41) is 0. The van der Waals surface area contributed by atoms with Crippen molar-refractivity contribution in [2.75, 3.05) is 7.11 Å². The van der Waals surface area contributed by atoms with Gasteiger partial charge in [0.25, 0.3) is 0 Å². The number of methoxy groups -OCH3 is 1. The van der Waals surface area contributed by atoms with Crippen LogP contribution in [0.5, 0.6) is 5.75 Å². The fourth-order valence-corrected chi connectivity index (χ4v) is 1.70. The molecule has 0 aliphatic heterocycles. The van der Waals surface area contributed by atoms with Crippen LogP contribution in [-0.4, -0.2) is 17.1 Å². The number of hydrogen-bond acceptors (Lipinski definition) is 4. The molecule has 2 aromatic rings. The van der Waals surface area contributed by atoms with E-state index in [2.05, 4.69) is 9.97 Å². The van der Waals surface area contributed by atoms with Crippen LogP contribution in [0.25, 0.3) is 11.3 Å². The summed E-state index contributed by atoms with van der Waals surface area (Å²) in [6.45, 7) is 2.36. The second kappa shape index (κ2) is 4.93. The molecule has 0 aliphatic carbocycles. The van der Waals surface area contributed by atoms with Crippen LogP contribution in [0, 0.1) is 6.92 Å². The van der Waals surface area contributed by atoms with Gasteiger partial charge in [0.15, 0.2) is 0 Å². The molecule has 88 valence electrons. The molecule has 0 radical (unpaired) electrons. The fourth-order valence-electron chi connectivity index (χ4n) is 1.70. The zero-order valence-corrected chi connectivity index (χ0v) is 9.97. The Labute approximate surface area is 100 Å². The van der Waals surface area contributed by atoms with Crippen LogP contribution in [0.4, 0.5) is 0 Å². The summed E-state index contributed by atoms with van der Waals surface area (Å²) in [5.41, 5.74) is 8.53. The molecular formula is C13H15N3O. The first kappa shape index (κ1) is 11.5. The molecule has 0 unspecified atom stereocenters. The number of rotatable bonds is 3. The van der Waals surface area contributed by atoms with Gasteiger partial charge in [-0.3, -0.25) is 0 Å². The molecule has 0 spiro atoms. The lowest BCUT2D eigenvalue weighted by Crippen LogP contribution is -2.03. The number of nitrogens with zero attached hydrogens (tertiary/aromatic N) is 2. The van der Waals surface area contributed by atoms with Crippen LogP contribution in [0.3, 0.4) is 0 Å². The van der Waals surface area contributed by atoms with Crippen molar-refractivity contribution >= 4 is 0 Å². The molecule has 2 N–H and O–H groups in total. The molecule has 0 amide bonds. The van der Waals surface area contributed by atoms with Gasteiger partial charge in [0.2, 0.25) is 0 Å². The molecule has 2 rings (SSSR count). The van der Waals surface area contributed by atoms with Crippen molar-refractivity contribution in [2.45, 2.75) is 13.5 Å². The molecule has 4 nitrogen and oxygen atoms in total. The minimum Gasteiger partial charge on any atom is -0.496 e. The van der Waals surface area contributed by atoms with Crippen LogP contribution >= 0.6 is 0 Å². The van der Waals surface area contributed by atoms with Crippen molar-refractivity contribution < 1.29 is 4.74 Å². The third-order valence-electron chi connectivity index (χ3n) is 2.58. The monoisotopic (exact) mass is 229 g/mol. The molecule has 4 heteroatoms. The van der Waals surface area contributed by atoms with E-state index in [0.717, 1.165) is 22.6 Å². The molecule has 0 aliphatic rings. The van der Waals surface area contributed by atoms with Crippen molar-refractivity contribution in [1.29, 1.82) is 0 Å². The SMILES string of the molecule is COc1ccc(-c2ccnc(CN)n2)cc1C. The third kappa shape index (κ3) is 2.42. The Morgan fingerprint density at radius 1 is 1.29 bits per heavy atom. The number of ether oxygens (including phenoxy) is 1. The highest BCUT2D eigenvalue weighted by molar-refractivity contribution is 5.61. The minimum atomic E-state index is 0.350. The lowest BCUT2D eigenvalue weighted by Gasteiger charge is -2.07. The van der Waals surface area contributed by atoms with Crippen LogP contribution in [0.2, 0.25) is 0 Å². The summed E-state index contributed by atoms with van der Waals surface area (Å²) in [7, 11) is 1.67. The standard InChI is InChI=1S/C13H15N3O/c1-9-7-10(3-4-12(9)17-2)11-5-6-15-13(8-14)16-11/h3-7H,8,14H2,1-2H3. The van der Waals surface area contributed by atoms with Crippen LogP contribution in [0.15, 0.2) is 30.5 Å². The molecule has 0 fully saturated rings. The first-order valence-electron chi connectivity index (χ1n) is 5.41. The number of aromatic nitrogens is 2. The summed E-state index contributed by atoms with van der Waals surface area (Å²) in [6, 6.07) is 7.84. The van der Waals surface area contributed by atoms with E-state index in [9.17, 15) is 0 Å². The number of hydrogen-bond donors (Lipinski definition) is 1. The predicted octanol–water partition coefficient (Wildman–Crippen LogP) is 1.92. The van der Waals surface area contributed by atoms with E-state index in [1.54, 1.807) is 13.3 Å². The lowest BCUT2D eigenvalue weighted by molar-refractivity contribution is 0.412. The average Bonchev–Trinajstić information content (AvgIpc) is 2.38. The molecule has 1 aromatic heterocycles. The largest absolute Gasteiger partial charge is 0.496 e. The van der Waals surface area contributed by atoms with Crippen molar-refractivity contribution in [1.82, 2.24) is 9.97 Å². The van der Waals surface area contributed by atoms with Gasteiger partial charge in [0, 0.05) is 11.8 Å². The smallest absolute Gasteiger partial charge is 0.142 e. The topological polar surface area (TPSA) is 61.0 Å². The normalized spacial score (nSPS) is 10.3. The highest BCUT2D eigenvalue weighted by Crippen LogP contribution is 2.24. The molecule has 0 saturated carbocycles. The molecule has 0 saturated heterocycles. The number of nitrogens with two attached hydrogens (primary N) is 1. The maximum atomic E-state index is 5.53. The zero-order chi connectivity index (χ0) is 12.3. The molecule has 1 aromatic carbocycles. The summed E-state index contributed by atoms with van der Waals surface area (Å²) < 4.78 is 5.23. The van der Waals surface area contributed by atoms with E-state index < -0.39 is 0 Å². The predicted molar refractivity (Wildman–Crippen MR) is 66.6 cm³/mol. The Hall–Kier alpha value is -1.94. The molecular weight excluding hydrogens is 214 g/mol. The van der Waals surface area contributed by atoms with Gasteiger partial charge < -0.3 is 10.5 Å². The Balaban J connectivity index is 2.42. The Morgan fingerprint density at radius 2 is 2.12 bits per heavy atom. The van der Waals surface area contributed by atoms with E-state index >= 15 is 0 Å². The zero-order valence-electron chi connectivity index (χ0n) is 9.97. The maximum Gasteiger partial charge on any atom is 0.142 e. The van der Waals surface area contributed by atoms with Crippen LogP contribution < -0.4 is 10.5 Å². The van der Waals surface area contributed by atoms with Crippen molar-refractivity contribution in [2.24, 2.45) is 5.73 Å². The fraction of sp³-hybridized carbons (Fsp3) is 0.231. The van der Waals surface area contributed by atoms with Gasteiger partial charge in [-0.15, -0.1) is 0 Å². The summed E-state index contributed by atoms with van der Waals surface area (Å²) >= 11 is 0. The first-order chi connectivity index (χ1) is 8.24. The average molecular weight is 229 g/mol. The maximum absolute atomic E-state index is 5.53. The quantitative estimate of drug-likeness (QED) is 0.873. The van der Waals surface area contributed by atoms with Gasteiger partial charge in [-0.1, -0.05) is 0 Å². The summed E-state index contributed by atoms with van der Waals surface area (Å²) in [6.07, 6.45) is 1.73. The Bertz CT molecular complexity index is 526. The molecule has 0 atom stereocenters. The number of aryl methyl sites for hydroxylation is 1. The molecule has 17 heavy (non-hydrogen) atoms. The van der Waals surface area contributed by atoms with E-state index in [1.165, 1.54) is 0 Å². The summed E-state index contributed by atoms with van der Waals surface area (Å²) in [4.78, 5) is 8.46. The van der Waals surface area contributed by atoms with Crippen LogP contribution in [0.1, 0.15) is 11.4 Å². The van der Waals surface area contributed by atoms with E-state index in [0.29, 0.717) is 12.4 Å². The second-order valence-corrected chi connectivity index (χ2v) is 3.75. The number of benzene rings is 1. The highest BCUT2D eigenvalue weighted by atomic mass is 16.5. The van der Waals surface area contributed by atoms with Crippen molar-refractivity contribution in [3.63, 3.8) is 0 Å².